The Kier molecular flexibility index (Phi) is 7.43. The van der Waals surface area contributed by atoms with Crippen molar-refractivity contribution < 1.29 is 19.5 Å². The molecule has 2 aromatic rings. The molecular formula is C20H22N2O4S. The molecule has 27 heavy (non-hydrogen) atoms. The molecule has 0 heterocycles. The third-order valence-corrected chi connectivity index (χ3v) is 4.87. The van der Waals surface area contributed by atoms with Crippen LogP contribution in [-0.4, -0.2) is 28.1 Å². The number of benzene rings is 2. The Hall–Kier alpha value is -2.80. The predicted octanol–water partition coefficient (Wildman–Crippen LogP) is 3.46. The summed E-state index contributed by atoms with van der Waals surface area (Å²) in [6, 6.07) is 15.7. The number of hydrogen-bond acceptors (Lipinski definition) is 4. The number of anilines is 1. The molecular weight excluding hydrogens is 364 g/mol. The van der Waals surface area contributed by atoms with Crippen LogP contribution in [0.3, 0.4) is 0 Å². The summed E-state index contributed by atoms with van der Waals surface area (Å²) >= 11 is 1.36. The van der Waals surface area contributed by atoms with Gasteiger partial charge in [-0.1, -0.05) is 30.3 Å². The van der Waals surface area contributed by atoms with Crippen molar-refractivity contribution in [3.63, 3.8) is 0 Å². The molecule has 0 aliphatic carbocycles. The Morgan fingerprint density at radius 3 is 2.22 bits per heavy atom. The second-order valence-corrected chi connectivity index (χ2v) is 7.45. The number of carbonyl (C=O) groups is 3. The SMILES string of the molecule is CC(=O)Nc1ccc(SC(C)C(=O)NC(CC(=O)O)c2ccccc2)cc1. The van der Waals surface area contributed by atoms with Crippen molar-refractivity contribution in [3.05, 3.63) is 60.2 Å². The zero-order chi connectivity index (χ0) is 19.8. The van der Waals surface area contributed by atoms with Crippen molar-refractivity contribution in [3.8, 4) is 0 Å². The van der Waals surface area contributed by atoms with E-state index in [1.54, 1.807) is 31.2 Å². The molecule has 2 amide bonds. The molecule has 0 radical (unpaired) electrons. The number of carboxylic acids is 1. The molecule has 6 nitrogen and oxygen atoms in total. The highest BCUT2D eigenvalue weighted by atomic mass is 32.2. The number of aliphatic carboxylic acids is 1. The first-order valence-electron chi connectivity index (χ1n) is 8.46. The largest absolute Gasteiger partial charge is 0.481 e. The molecule has 0 saturated heterocycles. The first kappa shape index (κ1) is 20.5. The van der Waals surface area contributed by atoms with Crippen LogP contribution in [-0.2, 0) is 14.4 Å². The second kappa shape index (κ2) is 9.78. The Bertz CT molecular complexity index is 793. The molecule has 0 aliphatic rings. The monoisotopic (exact) mass is 386 g/mol. The van der Waals surface area contributed by atoms with E-state index in [0.717, 1.165) is 10.5 Å². The van der Waals surface area contributed by atoms with Gasteiger partial charge < -0.3 is 15.7 Å². The van der Waals surface area contributed by atoms with Gasteiger partial charge in [0.05, 0.1) is 17.7 Å². The fourth-order valence-electron chi connectivity index (χ4n) is 2.48. The van der Waals surface area contributed by atoms with E-state index in [9.17, 15) is 14.4 Å². The Balaban J connectivity index is 2.00. The maximum absolute atomic E-state index is 12.5. The van der Waals surface area contributed by atoms with Gasteiger partial charge >= 0.3 is 5.97 Å². The summed E-state index contributed by atoms with van der Waals surface area (Å²) in [6.07, 6.45) is -0.182. The van der Waals surface area contributed by atoms with Crippen molar-refractivity contribution >= 4 is 35.2 Å². The zero-order valence-electron chi connectivity index (χ0n) is 15.1. The van der Waals surface area contributed by atoms with Crippen LogP contribution >= 0.6 is 11.8 Å². The first-order chi connectivity index (χ1) is 12.8. The lowest BCUT2D eigenvalue weighted by Crippen LogP contribution is -2.35. The van der Waals surface area contributed by atoms with Gasteiger partial charge in [0.2, 0.25) is 11.8 Å². The standard InChI is InChI=1S/C20H22N2O4S/c1-13(27-17-10-8-16(9-11-17)21-14(2)23)20(26)22-18(12-19(24)25)15-6-4-3-5-7-15/h3-11,13,18H,12H2,1-2H3,(H,21,23)(H,22,26)(H,24,25). The Morgan fingerprint density at radius 2 is 1.67 bits per heavy atom. The molecule has 0 aromatic heterocycles. The maximum Gasteiger partial charge on any atom is 0.305 e. The molecule has 0 saturated carbocycles. The molecule has 0 aliphatic heterocycles. The number of amides is 2. The molecule has 142 valence electrons. The van der Waals surface area contributed by atoms with Crippen molar-refractivity contribution in [1.29, 1.82) is 0 Å². The Morgan fingerprint density at radius 1 is 1.04 bits per heavy atom. The summed E-state index contributed by atoms with van der Waals surface area (Å²) in [6.45, 7) is 3.21. The highest BCUT2D eigenvalue weighted by Crippen LogP contribution is 2.26. The molecule has 2 rings (SSSR count). The number of hydrogen-bond donors (Lipinski definition) is 3. The van der Waals surface area contributed by atoms with Crippen molar-refractivity contribution in [2.45, 2.75) is 36.5 Å². The predicted molar refractivity (Wildman–Crippen MR) is 106 cm³/mol. The van der Waals surface area contributed by atoms with Crippen molar-refractivity contribution in [2.75, 3.05) is 5.32 Å². The zero-order valence-corrected chi connectivity index (χ0v) is 16.0. The van der Waals surface area contributed by atoms with Gasteiger partial charge in [0.15, 0.2) is 0 Å². The van der Waals surface area contributed by atoms with Gasteiger partial charge in [-0.15, -0.1) is 11.8 Å². The van der Waals surface area contributed by atoms with Crippen LogP contribution in [0, 0.1) is 0 Å². The summed E-state index contributed by atoms with van der Waals surface area (Å²) in [7, 11) is 0. The number of rotatable bonds is 8. The van der Waals surface area contributed by atoms with Gasteiger partial charge in [0.25, 0.3) is 0 Å². The lowest BCUT2D eigenvalue weighted by atomic mass is 10.0. The van der Waals surface area contributed by atoms with Crippen LogP contribution in [0.2, 0.25) is 0 Å². The van der Waals surface area contributed by atoms with E-state index < -0.39 is 17.3 Å². The van der Waals surface area contributed by atoms with Crippen LogP contribution in [0.25, 0.3) is 0 Å². The van der Waals surface area contributed by atoms with Crippen LogP contribution in [0.15, 0.2) is 59.5 Å². The molecule has 7 heteroatoms. The van der Waals surface area contributed by atoms with Crippen LogP contribution < -0.4 is 10.6 Å². The lowest BCUT2D eigenvalue weighted by Gasteiger charge is -2.20. The summed E-state index contributed by atoms with van der Waals surface area (Å²) in [5.41, 5.74) is 1.44. The third-order valence-electron chi connectivity index (χ3n) is 3.75. The van der Waals surface area contributed by atoms with Gasteiger partial charge in [0, 0.05) is 17.5 Å². The molecule has 3 N–H and O–H groups in total. The van der Waals surface area contributed by atoms with E-state index in [2.05, 4.69) is 10.6 Å². The Labute approximate surface area is 162 Å². The summed E-state index contributed by atoms with van der Waals surface area (Å²) < 4.78 is 0. The van der Waals surface area contributed by atoms with E-state index in [4.69, 9.17) is 5.11 Å². The lowest BCUT2D eigenvalue weighted by molar-refractivity contribution is -0.137. The average Bonchev–Trinajstić information content (AvgIpc) is 2.62. The highest BCUT2D eigenvalue weighted by molar-refractivity contribution is 8.00. The topological polar surface area (TPSA) is 95.5 Å². The second-order valence-electron chi connectivity index (χ2n) is 6.04. The summed E-state index contributed by atoms with van der Waals surface area (Å²) in [5.74, 6) is -1.35. The number of nitrogens with one attached hydrogen (secondary N) is 2. The highest BCUT2D eigenvalue weighted by Gasteiger charge is 2.22. The van der Waals surface area contributed by atoms with Gasteiger partial charge in [-0.25, -0.2) is 0 Å². The number of thioether (sulfide) groups is 1. The summed E-state index contributed by atoms with van der Waals surface area (Å²) in [5, 5.41) is 14.2. The summed E-state index contributed by atoms with van der Waals surface area (Å²) in [4.78, 5) is 35.6. The number of carbonyl (C=O) groups excluding carboxylic acids is 2. The van der Waals surface area contributed by atoms with E-state index in [-0.39, 0.29) is 18.2 Å². The minimum atomic E-state index is -0.974. The van der Waals surface area contributed by atoms with Crippen LogP contribution in [0.4, 0.5) is 5.69 Å². The molecule has 2 unspecified atom stereocenters. The van der Waals surface area contributed by atoms with Gasteiger partial charge in [0.1, 0.15) is 0 Å². The minimum Gasteiger partial charge on any atom is -0.481 e. The molecule has 2 atom stereocenters. The van der Waals surface area contributed by atoms with Crippen LogP contribution in [0.1, 0.15) is 31.9 Å². The van der Waals surface area contributed by atoms with Crippen LogP contribution in [0.5, 0.6) is 0 Å². The fraction of sp³-hybridized carbons (Fsp3) is 0.250. The molecule has 2 aromatic carbocycles. The normalized spacial score (nSPS) is 12.7. The van der Waals surface area contributed by atoms with E-state index in [1.165, 1.54) is 18.7 Å². The van der Waals surface area contributed by atoms with E-state index in [1.807, 2.05) is 30.3 Å². The minimum absolute atomic E-state index is 0.145. The van der Waals surface area contributed by atoms with Gasteiger partial charge in [-0.3, -0.25) is 14.4 Å². The van der Waals surface area contributed by atoms with Gasteiger partial charge in [-0.2, -0.15) is 0 Å². The van der Waals surface area contributed by atoms with E-state index in [0.29, 0.717) is 5.69 Å². The van der Waals surface area contributed by atoms with Gasteiger partial charge in [-0.05, 0) is 36.8 Å². The quantitative estimate of drug-likeness (QED) is 0.604. The first-order valence-corrected chi connectivity index (χ1v) is 9.34. The smallest absolute Gasteiger partial charge is 0.305 e. The maximum atomic E-state index is 12.5. The molecule has 0 spiro atoms. The molecule has 0 fully saturated rings. The van der Waals surface area contributed by atoms with E-state index >= 15 is 0 Å². The average molecular weight is 386 g/mol. The number of carboxylic acid groups (broad SMARTS) is 1. The third kappa shape index (κ3) is 6.79. The van der Waals surface area contributed by atoms with Crippen molar-refractivity contribution in [1.82, 2.24) is 5.32 Å². The fourth-order valence-corrected chi connectivity index (χ4v) is 3.36. The van der Waals surface area contributed by atoms with Crippen molar-refractivity contribution in [2.24, 2.45) is 0 Å². The molecule has 0 bridgehead atoms.